The standard InChI is InChI=1S/C67H45N5/c1-4-14-46(15-5-1)48-22-26-50(27-23-48)57-40-59(52-30-34-54(35-31-52)63-20-10-12-38-68-63)44-61(42-57)66-70-65(56-18-8-3-9-19-56)71-67(72-66)62-43-58(51-28-24-49(25-29-51)47-16-6-2-7-17-47)41-60(45-62)53-32-36-55(37-33-53)64-21-11-13-39-69-64/h1-45H. The second kappa shape index (κ2) is 19.7. The lowest BCUT2D eigenvalue weighted by Crippen LogP contribution is -2.01. The summed E-state index contributed by atoms with van der Waals surface area (Å²) in [7, 11) is 0. The minimum Gasteiger partial charge on any atom is -0.256 e. The molecule has 0 amide bonds. The maximum Gasteiger partial charge on any atom is 0.164 e. The summed E-state index contributed by atoms with van der Waals surface area (Å²) in [5.41, 5.74) is 19.8. The lowest BCUT2D eigenvalue weighted by atomic mass is 9.93. The molecule has 3 heterocycles. The summed E-state index contributed by atoms with van der Waals surface area (Å²) in [6.07, 6.45) is 3.66. The second-order valence-electron chi connectivity index (χ2n) is 17.7. The van der Waals surface area contributed by atoms with Crippen LogP contribution in [-0.2, 0) is 0 Å². The van der Waals surface area contributed by atoms with Crippen molar-refractivity contribution < 1.29 is 0 Å². The highest BCUT2D eigenvalue weighted by molar-refractivity contribution is 5.84. The molecule has 5 nitrogen and oxygen atoms in total. The van der Waals surface area contributed by atoms with Crippen molar-refractivity contribution >= 4 is 0 Å². The molecular weight excluding hydrogens is 875 g/mol. The van der Waals surface area contributed by atoms with Gasteiger partial charge < -0.3 is 0 Å². The van der Waals surface area contributed by atoms with E-state index >= 15 is 0 Å². The van der Waals surface area contributed by atoms with Crippen molar-refractivity contribution in [2.24, 2.45) is 0 Å². The molecule has 338 valence electrons. The first-order valence-electron chi connectivity index (χ1n) is 24.1. The third-order valence-corrected chi connectivity index (χ3v) is 13.1. The molecule has 0 unspecified atom stereocenters. The Morgan fingerprint density at radius 1 is 0.167 bits per heavy atom. The van der Waals surface area contributed by atoms with Crippen molar-refractivity contribution in [1.29, 1.82) is 0 Å². The van der Waals surface area contributed by atoms with Crippen molar-refractivity contribution in [3.8, 4) is 123 Å². The van der Waals surface area contributed by atoms with Gasteiger partial charge in [-0.05, 0) is 127 Å². The Balaban J connectivity index is 1.02. The number of pyridine rings is 2. The van der Waals surface area contributed by atoms with Gasteiger partial charge in [0.15, 0.2) is 17.5 Å². The first-order chi connectivity index (χ1) is 35.6. The molecule has 0 N–H and O–H groups in total. The van der Waals surface area contributed by atoms with Crippen LogP contribution in [0, 0.1) is 0 Å². The Hall–Kier alpha value is -9.71. The minimum atomic E-state index is 0.576. The molecule has 12 aromatic rings. The fraction of sp³-hybridized carbons (Fsp3) is 0. The summed E-state index contributed by atoms with van der Waals surface area (Å²) in [4.78, 5) is 25.2. The number of hydrogen-bond donors (Lipinski definition) is 0. The predicted octanol–water partition coefficient (Wildman–Crippen LogP) is 17.0. The third-order valence-electron chi connectivity index (χ3n) is 13.1. The average Bonchev–Trinajstić information content (AvgIpc) is 3.48. The summed E-state index contributed by atoms with van der Waals surface area (Å²) in [5.74, 6) is 1.74. The third kappa shape index (κ3) is 9.38. The quantitative estimate of drug-likeness (QED) is 0.129. The Morgan fingerprint density at radius 2 is 0.403 bits per heavy atom. The summed E-state index contributed by atoms with van der Waals surface area (Å²) >= 11 is 0. The molecule has 0 atom stereocenters. The molecule has 5 heteroatoms. The highest BCUT2D eigenvalue weighted by atomic mass is 15.0. The minimum absolute atomic E-state index is 0.576. The molecule has 0 fully saturated rings. The fourth-order valence-electron chi connectivity index (χ4n) is 9.24. The van der Waals surface area contributed by atoms with Crippen LogP contribution in [0.5, 0.6) is 0 Å². The lowest BCUT2D eigenvalue weighted by molar-refractivity contribution is 1.07. The van der Waals surface area contributed by atoms with Crippen molar-refractivity contribution in [1.82, 2.24) is 24.9 Å². The number of nitrogens with zero attached hydrogens (tertiary/aromatic N) is 5. The molecule has 0 aliphatic rings. The van der Waals surface area contributed by atoms with Crippen LogP contribution in [0.1, 0.15) is 0 Å². The summed E-state index contributed by atoms with van der Waals surface area (Å²) in [6.45, 7) is 0. The van der Waals surface area contributed by atoms with Gasteiger partial charge in [-0.15, -0.1) is 0 Å². The van der Waals surface area contributed by atoms with Gasteiger partial charge in [0.25, 0.3) is 0 Å². The smallest absolute Gasteiger partial charge is 0.164 e. The van der Waals surface area contributed by atoms with Gasteiger partial charge >= 0.3 is 0 Å². The predicted molar refractivity (Wildman–Crippen MR) is 295 cm³/mol. The monoisotopic (exact) mass is 919 g/mol. The zero-order valence-corrected chi connectivity index (χ0v) is 39.2. The molecule has 0 spiro atoms. The molecule has 9 aromatic carbocycles. The molecule has 3 aromatic heterocycles. The first-order valence-corrected chi connectivity index (χ1v) is 24.1. The van der Waals surface area contributed by atoms with E-state index in [0.29, 0.717) is 17.5 Å². The molecule has 12 rings (SSSR count). The Bertz CT molecular complexity index is 3340. The molecule has 0 bridgehead atoms. The zero-order valence-electron chi connectivity index (χ0n) is 39.2. The first kappa shape index (κ1) is 43.6. The number of benzene rings is 9. The van der Waals surface area contributed by atoms with Gasteiger partial charge in [0.1, 0.15) is 0 Å². The molecule has 0 saturated carbocycles. The maximum absolute atomic E-state index is 5.41. The lowest BCUT2D eigenvalue weighted by Gasteiger charge is -2.14. The molecule has 0 saturated heterocycles. The van der Waals surface area contributed by atoms with Crippen molar-refractivity contribution in [3.05, 3.63) is 273 Å². The van der Waals surface area contributed by atoms with Crippen LogP contribution in [0.2, 0.25) is 0 Å². The van der Waals surface area contributed by atoms with Crippen LogP contribution in [0.4, 0.5) is 0 Å². The van der Waals surface area contributed by atoms with E-state index in [9.17, 15) is 0 Å². The van der Waals surface area contributed by atoms with E-state index in [1.54, 1.807) is 0 Å². The summed E-state index contributed by atoms with van der Waals surface area (Å²) < 4.78 is 0. The topological polar surface area (TPSA) is 64.5 Å². The van der Waals surface area contributed by atoms with Crippen LogP contribution in [0.25, 0.3) is 123 Å². The largest absolute Gasteiger partial charge is 0.256 e. The van der Waals surface area contributed by atoms with Crippen molar-refractivity contribution in [2.75, 3.05) is 0 Å². The van der Waals surface area contributed by atoms with E-state index in [0.717, 1.165) is 94.8 Å². The number of rotatable bonds is 11. The fourth-order valence-corrected chi connectivity index (χ4v) is 9.24. The SMILES string of the molecule is c1ccc(-c2ccc(-c3cc(-c4ccc(-c5ccccn5)cc4)cc(-c4nc(-c5ccccc5)nc(-c5cc(-c6ccc(-c7ccccc7)cc6)cc(-c6ccc(-c7ccccn7)cc6)c5)n4)c3)cc2)cc1. The highest BCUT2D eigenvalue weighted by Gasteiger charge is 2.18. The number of aromatic nitrogens is 5. The van der Waals surface area contributed by atoms with Gasteiger partial charge in [-0.1, -0.05) is 200 Å². The van der Waals surface area contributed by atoms with E-state index in [1.165, 1.54) is 11.1 Å². The van der Waals surface area contributed by atoms with E-state index in [2.05, 4.69) is 204 Å². The second-order valence-corrected chi connectivity index (χ2v) is 17.7. The van der Waals surface area contributed by atoms with Crippen molar-refractivity contribution in [2.45, 2.75) is 0 Å². The normalized spacial score (nSPS) is 11.1. The van der Waals surface area contributed by atoms with Gasteiger partial charge in [0.05, 0.1) is 11.4 Å². The Morgan fingerprint density at radius 3 is 0.708 bits per heavy atom. The van der Waals surface area contributed by atoms with Gasteiger partial charge in [0.2, 0.25) is 0 Å². The molecule has 0 aliphatic carbocycles. The zero-order chi connectivity index (χ0) is 48.1. The molecular formula is C67H45N5. The molecule has 0 aliphatic heterocycles. The maximum atomic E-state index is 5.41. The van der Waals surface area contributed by atoms with Crippen LogP contribution in [0.3, 0.4) is 0 Å². The van der Waals surface area contributed by atoms with Crippen LogP contribution in [0.15, 0.2) is 273 Å². The highest BCUT2D eigenvalue weighted by Crippen LogP contribution is 2.38. The number of hydrogen-bond acceptors (Lipinski definition) is 5. The Kier molecular flexibility index (Phi) is 11.9. The van der Waals surface area contributed by atoms with Gasteiger partial charge in [-0.2, -0.15) is 0 Å². The van der Waals surface area contributed by atoms with Gasteiger partial charge in [-0.3, -0.25) is 9.97 Å². The van der Waals surface area contributed by atoms with Gasteiger partial charge in [-0.25, -0.2) is 15.0 Å². The van der Waals surface area contributed by atoms with Crippen LogP contribution >= 0.6 is 0 Å². The van der Waals surface area contributed by atoms with E-state index < -0.39 is 0 Å². The van der Waals surface area contributed by atoms with Crippen molar-refractivity contribution in [3.63, 3.8) is 0 Å². The molecule has 72 heavy (non-hydrogen) atoms. The summed E-state index contributed by atoms with van der Waals surface area (Å²) in [6, 6.07) is 91.3. The van der Waals surface area contributed by atoms with E-state index in [-0.39, 0.29) is 0 Å². The van der Waals surface area contributed by atoms with Gasteiger partial charge in [0, 0.05) is 40.2 Å². The average molecular weight is 920 g/mol. The van der Waals surface area contributed by atoms with Crippen LogP contribution in [-0.4, -0.2) is 24.9 Å². The van der Waals surface area contributed by atoms with E-state index in [1.807, 2.05) is 79.1 Å². The van der Waals surface area contributed by atoms with Crippen LogP contribution < -0.4 is 0 Å². The van der Waals surface area contributed by atoms with E-state index in [4.69, 9.17) is 15.0 Å². The summed E-state index contributed by atoms with van der Waals surface area (Å²) in [5, 5.41) is 0. The Labute approximate surface area is 419 Å². The molecule has 0 radical (unpaired) electrons.